The van der Waals surface area contributed by atoms with E-state index in [0.717, 1.165) is 6.26 Å². The fraction of sp³-hybridized carbons (Fsp3) is 0.333. The van der Waals surface area contributed by atoms with Gasteiger partial charge in [-0.3, -0.25) is 0 Å². The molecule has 70 valence electrons. The van der Waals surface area contributed by atoms with E-state index in [4.69, 9.17) is 0 Å². The van der Waals surface area contributed by atoms with E-state index in [1.165, 1.54) is 18.2 Å². The Bertz CT molecular complexity index is 258. The van der Waals surface area contributed by atoms with Gasteiger partial charge in [0, 0.05) is 6.26 Å². The van der Waals surface area contributed by atoms with E-state index in [2.05, 4.69) is 13.2 Å². The molecule has 0 aromatic rings. The molecule has 0 rings (SSSR count). The average molecular weight is 188 g/mol. The molecular formula is C9H16O2S. The summed E-state index contributed by atoms with van der Waals surface area (Å²) in [6, 6.07) is 0. The zero-order valence-electron chi connectivity index (χ0n) is 7.87. The van der Waals surface area contributed by atoms with Gasteiger partial charge in [0.1, 0.15) is 0 Å². The van der Waals surface area contributed by atoms with Crippen LogP contribution in [0.25, 0.3) is 0 Å². The molecule has 0 saturated heterocycles. The third-order valence-corrected chi connectivity index (χ3v) is 2.07. The molecule has 0 aliphatic heterocycles. The lowest BCUT2D eigenvalue weighted by Crippen LogP contribution is -1.96. The SMILES string of the molecule is C=C/C=C(\C=C)S(C)(=O)=O.CC. The molecule has 0 spiro atoms. The smallest absolute Gasteiger partial charge is 0.175 e. The van der Waals surface area contributed by atoms with Crippen LogP contribution in [0, 0.1) is 0 Å². The topological polar surface area (TPSA) is 34.1 Å². The van der Waals surface area contributed by atoms with Crippen LogP contribution in [0.5, 0.6) is 0 Å². The molecule has 0 heterocycles. The van der Waals surface area contributed by atoms with Crippen molar-refractivity contribution >= 4 is 9.84 Å². The van der Waals surface area contributed by atoms with Gasteiger partial charge in [-0.15, -0.1) is 0 Å². The predicted octanol–water partition coefficient (Wildman–Crippen LogP) is 2.31. The van der Waals surface area contributed by atoms with Crippen molar-refractivity contribution < 1.29 is 8.42 Å². The van der Waals surface area contributed by atoms with Crippen LogP contribution in [0.15, 0.2) is 36.3 Å². The molecule has 3 heteroatoms. The van der Waals surface area contributed by atoms with E-state index in [0.29, 0.717) is 0 Å². The van der Waals surface area contributed by atoms with E-state index >= 15 is 0 Å². The maximum atomic E-state index is 10.8. The van der Waals surface area contributed by atoms with Gasteiger partial charge in [0.05, 0.1) is 4.91 Å². The van der Waals surface area contributed by atoms with Crippen LogP contribution in [0.2, 0.25) is 0 Å². The molecule has 0 amide bonds. The van der Waals surface area contributed by atoms with E-state index in [-0.39, 0.29) is 4.91 Å². The number of hydrogen-bond acceptors (Lipinski definition) is 2. The largest absolute Gasteiger partial charge is 0.224 e. The Kier molecular flexibility index (Phi) is 7.85. The highest BCUT2D eigenvalue weighted by Crippen LogP contribution is 2.04. The molecule has 0 aliphatic carbocycles. The van der Waals surface area contributed by atoms with Gasteiger partial charge in [-0.1, -0.05) is 39.2 Å². The summed E-state index contributed by atoms with van der Waals surface area (Å²) in [7, 11) is -3.11. The molecule has 0 aromatic carbocycles. The zero-order chi connectivity index (χ0) is 10.2. The van der Waals surface area contributed by atoms with E-state index in [1.807, 2.05) is 13.8 Å². The fourth-order valence-corrected chi connectivity index (χ4v) is 1.11. The first-order valence-corrected chi connectivity index (χ1v) is 5.56. The zero-order valence-corrected chi connectivity index (χ0v) is 8.69. The Hall–Kier alpha value is -0.830. The first kappa shape index (κ1) is 13.7. The maximum absolute atomic E-state index is 10.8. The lowest BCUT2D eigenvalue weighted by Gasteiger charge is -1.93. The van der Waals surface area contributed by atoms with Crippen molar-refractivity contribution in [3.63, 3.8) is 0 Å². The van der Waals surface area contributed by atoms with Crippen LogP contribution < -0.4 is 0 Å². The maximum Gasteiger partial charge on any atom is 0.175 e. The summed E-state index contributed by atoms with van der Waals surface area (Å²) >= 11 is 0. The highest BCUT2D eigenvalue weighted by molar-refractivity contribution is 7.94. The standard InChI is InChI=1S/C7H10O2S.C2H6/c1-4-6-7(5-2)10(3,8)9;1-2/h4-6H,1-2H2,3H3;1-2H3/b7-6+;. The van der Waals surface area contributed by atoms with Crippen LogP contribution >= 0.6 is 0 Å². The van der Waals surface area contributed by atoms with Gasteiger partial charge in [0.15, 0.2) is 9.84 Å². The Labute approximate surface area is 75.2 Å². The van der Waals surface area contributed by atoms with E-state index in [9.17, 15) is 8.42 Å². The molecule has 0 atom stereocenters. The molecule has 0 fully saturated rings. The van der Waals surface area contributed by atoms with Crippen LogP contribution in [0.3, 0.4) is 0 Å². The molecule has 0 aromatic heterocycles. The fourth-order valence-electron chi connectivity index (χ4n) is 0.459. The molecule has 12 heavy (non-hydrogen) atoms. The minimum absolute atomic E-state index is 0.197. The van der Waals surface area contributed by atoms with Crippen molar-refractivity contribution in [1.82, 2.24) is 0 Å². The second-order valence-electron chi connectivity index (χ2n) is 1.78. The predicted molar refractivity (Wildman–Crippen MR) is 54.7 cm³/mol. The average Bonchev–Trinajstić information content (AvgIpc) is 2.02. The van der Waals surface area contributed by atoms with Crippen LogP contribution in [-0.4, -0.2) is 14.7 Å². The van der Waals surface area contributed by atoms with Gasteiger partial charge in [0.25, 0.3) is 0 Å². The summed E-state index contributed by atoms with van der Waals surface area (Å²) in [6.45, 7) is 10.7. The highest BCUT2D eigenvalue weighted by atomic mass is 32.2. The number of hydrogen-bond donors (Lipinski definition) is 0. The normalized spacial score (nSPS) is 11.1. The molecule has 0 aliphatic rings. The quantitative estimate of drug-likeness (QED) is 0.637. The lowest BCUT2D eigenvalue weighted by atomic mass is 10.5. The lowest BCUT2D eigenvalue weighted by molar-refractivity contribution is 0.608. The Morgan fingerprint density at radius 3 is 1.75 bits per heavy atom. The highest BCUT2D eigenvalue weighted by Gasteiger charge is 2.04. The van der Waals surface area contributed by atoms with Crippen molar-refractivity contribution in [2.45, 2.75) is 13.8 Å². The van der Waals surface area contributed by atoms with Gasteiger partial charge in [-0.25, -0.2) is 8.42 Å². The summed E-state index contributed by atoms with van der Waals surface area (Å²) in [6.07, 6.45) is 5.24. The molecule has 0 saturated carbocycles. The van der Waals surface area contributed by atoms with Crippen molar-refractivity contribution in [3.8, 4) is 0 Å². The minimum Gasteiger partial charge on any atom is -0.224 e. The molecule has 0 N–H and O–H groups in total. The third-order valence-electron chi connectivity index (χ3n) is 0.911. The van der Waals surface area contributed by atoms with Crippen LogP contribution in [0.4, 0.5) is 0 Å². The summed E-state index contributed by atoms with van der Waals surface area (Å²) in [5.41, 5.74) is 0. The first-order chi connectivity index (χ1) is 5.52. The third kappa shape index (κ3) is 5.92. The number of allylic oxidation sites excluding steroid dienone is 3. The Balaban J connectivity index is 0. The monoisotopic (exact) mass is 188 g/mol. The number of sulfone groups is 1. The summed E-state index contributed by atoms with van der Waals surface area (Å²) in [4.78, 5) is 0.197. The second-order valence-corrected chi connectivity index (χ2v) is 3.80. The van der Waals surface area contributed by atoms with Gasteiger partial charge >= 0.3 is 0 Å². The van der Waals surface area contributed by atoms with Crippen molar-refractivity contribution in [3.05, 3.63) is 36.3 Å². The van der Waals surface area contributed by atoms with Crippen LogP contribution in [0.1, 0.15) is 13.8 Å². The Morgan fingerprint density at radius 1 is 1.25 bits per heavy atom. The first-order valence-electron chi connectivity index (χ1n) is 3.67. The molecule has 0 radical (unpaired) electrons. The summed E-state index contributed by atoms with van der Waals surface area (Å²) in [5, 5.41) is 0. The molecular weight excluding hydrogens is 172 g/mol. The summed E-state index contributed by atoms with van der Waals surface area (Å²) in [5.74, 6) is 0. The van der Waals surface area contributed by atoms with Gasteiger partial charge in [0.2, 0.25) is 0 Å². The van der Waals surface area contributed by atoms with Gasteiger partial charge < -0.3 is 0 Å². The van der Waals surface area contributed by atoms with E-state index < -0.39 is 9.84 Å². The minimum atomic E-state index is -3.11. The van der Waals surface area contributed by atoms with Crippen molar-refractivity contribution in [2.75, 3.05) is 6.26 Å². The molecule has 2 nitrogen and oxygen atoms in total. The Morgan fingerprint density at radius 2 is 1.67 bits per heavy atom. The van der Waals surface area contributed by atoms with Gasteiger partial charge in [-0.2, -0.15) is 0 Å². The molecule has 0 bridgehead atoms. The second kappa shape index (κ2) is 6.85. The van der Waals surface area contributed by atoms with Crippen molar-refractivity contribution in [1.29, 1.82) is 0 Å². The van der Waals surface area contributed by atoms with Gasteiger partial charge in [-0.05, 0) is 6.08 Å². The van der Waals surface area contributed by atoms with Crippen molar-refractivity contribution in [2.24, 2.45) is 0 Å². The van der Waals surface area contributed by atoms with E-state index in [1.54, 1.807) is 0 Å². The number of rotatable bonds is 3. The van der Waals surface area contributed by atoms with Crippen LogP contribution in [-0.2, 0) is 9.84 Å². The summed E-state index contributed by atoms with van der Waals surface area (Å²) < 4.78 is 21.5. The molecule has 0 unspecified atom stereocenters.